The van der Waals surface area contributed by atoms with Crippen molar-refractivity contribution < 1.29 is 9.53 Å². The summed E-state index contributed by atoms with van der Waals surface area (Å²) in [5, 5.41) is 0.0678. The molecule has 0 fully saturated rings. The molecule has 124 valence electrons. The monoisotopic (exact) mass is 338 g/mol. The lowest BCUT2D eigenvalue weighted by Gasteiger charge is -2.13. The summed E-state index contributed by atoms with van der Waals surface area (Å²) in [5.41, 5.74) is -0.671. The van der Waals surface area contributed by atoms with Gasteiger partial charge in [0.2, 0.25) is 0 Å². The highest BCUT2D eigenvalue weighted by atomic mass is 32.2. The summed E-state index contributed by atoms with van der Waals surface area (Å²) in [4.78, 5) is 44.9. The summed E-state index contributed by atoms with van der Waals surface area (Å²) < 4.78 is 7.02. The standard InChI is InChI=1S/C14H18N4O4S/c1-6-8-15-10-9(12(19)18(4)14(21)17(10)3)11(16-8)23-7(2)13(20)22-5/h7H,6H2,1-5H3. The number of carbonyl (C=O) groups is 1. The fourth-order valence-corrected chi connectivity index (χ4v) is 3.08. The zero-order valence-electron chi connectivity index (χ0n) is 13.6. The first kappa shape index (κ1) is 17.2. The van der Waals surface area contributed by atoms with Crippen molar-refractivity contribution in [3.8, 4) is 0 Å². The third kappa shape index (κ3) is 3.00. The molecular formula is C14H18N4O4S. The second kappa shape index (κ2) is 6.53. The number of methoxy groups -OCH3 is 1. The van der Waals surface area contributed by atoms with Crippen LogP contribution in [-0.4, -0.2) is 37.4 Å². The summed E-state index contributed by atoms with van der Waals surface area (Å²) in [6.07, 6.45) is 0.541. The molecule has 2 heterocycles. The molecule has 23 heavy (non-hydrogen) atoms. The number of rotatable bonds is 4. The third-order valence-corrected chi connectivity index (χ3v) is 4.52. The van der Waals surface area contributed by atoms with Crippen LogP contribution in [0, 0.1) is 0 Å². The molecule has 8 nitrogen and oxygen atoms in total. The van der Waals surface area contributed by atoms with E-state index in [1.54, 1.807) is 14.0 Å². The Kier molecular flexibility index (Phi) is 4.88. The van der Waals surface area contributed by atoms with Gasteiger partial charge < -0.3 is 4.74 Å². The number of thioether (sulfide) groups is 1. The molecule has 2 rings (SSSR count). The minimum atomic E-state index is -0.537. The van der Waals surface area contributed by atoms with E-state index < -0.39 is 22.5 Å². The van der Waals surface area contributed by atoms with E-state index in [0.717, 1.165) is 16.3 Å². The molecular weight excluding hydrogens is 320 g/mol. The van der Waals surface area contributed by atoms with Gasteiger partial charge in [-0.1, -0.05) is 18.7 Å². The Morgan fingerprint density at radius 1 is 1.26 bits per heavy atom. The molecule has 0 amide bonds. The van der Waals surface area contributed by atoms with Crippen molar-refractivity contribution >= 4 is 28.8 Å². The predicted molar refractivity (Wildman–Crippen MR) is 86.7 cm³/mol. The second-order valence-electron chi connectivity index (χ2n) is 4.99. The average molecular weight is 338 g/mol. The quantitative estimate of drug-likeness (QED) is 0.448. The van der Waals surface area contributed by atoms with E-state index in [0.29, 0.717) is 17.3 Å². The maximum Gasteiger partial charge on any atom is 0.332 e. The van der Waals surface area contributed by atoms with Crippen LogP contribution in [0.25, 0.3) is 11.0 Å². The van der Waals surface area contributed by atoms with E-state index in [1.165, 1.54) is 18.7 Å². The summed E-state index contributed by atoms with van der Waals surface area (Å²) in [7, 11) is 4.25. The normalized spacial score (nSPS) is 12.4. The highest BCUT2D eigenvalue weighted by Gasteiger charge is 2.22. The van der Waals surface area contributed by atoms with Crippen LogP contribution in [0.3, 0.4) is 0 Å². The van der Waals surface area contributed by atoms with Crippen molar-refractivity contribution in [2.45, 2.75) is 30.5 Å². The topological polar surface area (TPSA) is 96.1 Å². The lowest BCUT2D eigenvalue weighted by molar-refractivity contribution is -0.139. The number of aryl methyl sites for hydroxylation is 2. The molecule has 2 aromatic heterocycles. The molecule has 0 aliphatic carbocycles. The maximum atomic E-state index is 12.5. The largest absolute Gasteiger partial charge is 0.468 e. The maximum absolute atomic E-state index is 12.5. The van der Waals surface area contributed by atoms with Gasteiger partial charge in [-0.2, -0.15) is 0 Å². The van der Waals surface area contributed by atoms with Gasteiger partial charge in [-0.15, -0.1) is 0 Å². The molecule has 0 radical (unpaired) electrons. The zero-order chi connectivity index (χ0) is 17.3. The number of ether oxygens (including phenoxy) is 1. The number of carbonyl (C=O) groups excluding carboxylic acids is 1. The van der Waals surface area contributed by atoms with Crippen molar-refractivity contribution in [1.82, 2.24) is 19.1 Å². The molecule has 0 spiro atoms. The summed E-state index contributed by atoms with van der Waals surface area (Å²) >= 11 is 1.12. The fourth-order valence-electron chi connectivity index (χ4n) is 2.10. The molecule has 1 atom stereocenters. The number of nitrogens with zero attached hydrogens (tertiary/aromatic N) is 4. The van der Waals surface area contributed by atoms with Gasteiger partial charge in [-0.25, -0.2) is 14.8 Å². The Labute approximate surface area is 136 Å². The number of hydrogen-bond acceptors (Lipinski definition) is 7. The first-order valence-corrected chi connectivity index (χ1v) is 7.90. The minimum Gasteiger partial charge on any atom is -0.468 e. The lowest BCUT2D eigenvalue weighted by Crippen LogP contribution is -2.38. The first-order chi connectivity index (χ1) is 10.8. The van der Waals surface area contributed by atoms with Crippen LogP contribution in [0.2, 0.25) is 0 Å². The Morgan fingerprint density at radius 3 is 2.48 bits per heavy atom. The summed E-state index contributed by atoms with van der Waals surface area (Å²) in [6.45, 7) is 3.54. The highest BCUT2D eigenvalue weighted by molar-refractivity contribution is 8.00. The number of hydrogen-bond donors (Lipinski definition) is 0. The van der Waals surface area contributed by atoms with Gasteiger partial charge >= 0.3 is 11.7 Å². The Morgan fingerprint density at radius 2 is 1.91 bits per heavy atom. The molecule has 2 aromatic rings. The van der Waals surface area contributed by atoms with Crippen molar-refractivity contribution in [2.75, 3.05) is 7.11 Å². The van der Waals surface area contributed by atoms with Gasteiger partial charge in [0.25, 0.3) is 5.56 Å². The van der Waals surface area contributed by atoms with Gasteiger partial charge in [-0.05, 0) is 6.92 Å². The van der Waals surface area contributed by atoms with Crippen LogP contribution >= 0.6 is 11.8 Å². The smallest absolute Gasteiger partial charge is 0.332 e. The second-order valence-corrected chi connectivity index (χ2v) is 6.32. The molecule has 0 N–H and O–H groups in total. The third-order valence-electron chi connectivity index (χ3n) is 3.45. The zero-order valence-corrected chi connectivity index (χ0v) is 14.4. The SMILES string of the molecule is CCc1nc(SC(C)C(=O)OC)c2c(=O)n(C)c(=O)n(C)c2n1. The van der Waals surface area contributed by atoms with Crippen LogP contribution in [0.15, 0.2) is 14.6 Å². The van der Waals surface area contributed by atoms with Crippen LogP contribution in [0.5, 0.6) is 0 Å². The molecule has 0 aliphatic heterocycles. The van der Waals surface area contributed by atoms with Crippen LogP contribution in [-0.2, 0) is 30.0 Å². The van der Waals surface area contributed by atoms with Gasteiger partial charge in [0.15, 0.2) is 5.65 Å². The van der Waals surface area contributed by atoms with Crippen LogP contribution in [0.1, 0.15) is 19.7 Å². The minimum absolute atomic E-state index is 0.229. The van der Waals surface area contributed by atoms with E-state index in [4.69, 9.17) is 4.74 Å². The predicted octanol–water partition coefficient (Wildman–Crippen LogP) is 0.243. The van der Waals surface area contributed by atoms with E-state index in [-0.39, 0.29) is 11.0 Å². The molecule has 0 aliphatic rings. The average Bonchev–Trinajstić information content (AvgIpc) is 2.56. The summed E-state index contributed by atoms with van der Waals surface area (Å²) in [5.74, 6) is 0.0850. The van der Waals surface area contributed by atoms with Gasteiger partial charge in [0.05, 0.1) is 7.11 Å². The molecule has 1 unspecified atom stereocenters. The molecule has 0 aromatic carbocycles. The molecule has 9 heteroatoms. The van der Waals surface area contributed by atoms with Crippen molar-refractivity contribution in [3.63, 3.8) is 0 Å². The number of esters is 1. The Balaban J connectivity index is 2.80. The molecule has 0 saturated heterocycles. The van der Waals surface area contributed by atoms with E-state index >= 15 is 0 Å². The fraction of sp³-hybridized carbons (Fsp3) is 0.500. The Hall–Kier alpha value is -2.16. The van der Waals surface area contributed by atoms with Crippen molar-refractivity contribution in [1.29, 1.82) is 0 Å². The highest BCUT2D eigenvalue weighted by Crippen LogP contribution is 2.26. The van der Waals surface area contributed by atoms with E-state index in [1.807, 2.05) is 6.92 Å². The van der Waals surface area contributed by atoms with Gasteiger partial charge in [0, 0.05) is 20.5 Å². The number of aromatic nitrogens is 4. The summed E-state index contributed by atoms with van der Waals surface area (Å²) in [6, 6.07) is 0. The molecule has 0 bridgehead atoms. The van der Waals surface area contributed by atoms with Crippen LogP contribution in [0.4, 0.5) is 0 Å². The molecule has 0 saturated carbocycles. The van der Waals surface area contributed by atoms with Crippen molar-refractivity contribution in [2.24, 2.45) is 14.1 Å². The van der Waals surface area contributed by atoms with Crippen LogP contribution < -0.4 is 11.2 Å². The number of fused-ring (bicyclic) bond motifs is 1. The van der Waals surface area contributed by atoms with Crippen molar-refractivity contribution in [3.05, 3.63) is 26.7 Å². The first-order valence-electron chi connectivity index (χ1n) is 7.02. The van der Waals surface area contributed by atoms with E-state index in [9.17, 15) is 14.4 Å². The lowest BCUT2D eigenvalue weighted by atomic mass is 10.3. The van der Waals surface area contributed by atoms with Gasteiger partial charge in [-0.3, -0.25) is 18.7 Å². The van der Waals surface area contributed by atoms with E-state index in [2.05, 4.69) is 9.97 Å². The van der Waals surface area contributed by atoms with Gasteiger partial charge in [0.1, 0.15) is 21.5 Å². The Bertz CT molecular complexity index is 887.